The lowest BCUT2D eigenvalue weighted by atomic mass is 9.70. The van der Waals surface area contributed by atoms with Crippen molar-refractivity contribution < 1.29 is 0 Å². The Balaban J connectivity index is 1.06. The van der Waals surface area contributed by atoms with E-state index >= 15 is 0 Å². The molecular weight excluding hydrogens is 905 g/mol. The molecule has 350 valence electrons. The molecule has 0 aliphatic heterocycles. The van der Waals surface area contributed by atoms with E-state index in [2.05, 4.69) is 301 Å². The SMILES string of the molecule is c1ccc(-c2ccccc2-c2c(-c3ccccc3)cccc2N(c2cccc(-c3cccc4c5ccccc5n(-c5ccccc5)c34)c2)c2cccc3c2-c2ccccc2C32c3ccccc3-c3ccccc32)cc1. The van der Waals surface area contributed by atoms with Crippen LogP contribution in [-0.2, 0) is 5.41 Å². The minimum absolute atomic E-state index is 0.516. The van der Waals surface area contributed by atoms with Gasteiger partial charge in [-0.25, -0.2) is 0 Å². The monoisotopic (exact) mass is 952 g/mol. The second-order valence-electron chi connectivity index (χ2n) is 19.8. The molecule has 0 amide bonds. The smallest absolute Gasteiger partial charge is 0.0726 e. The normalized spacial score (nSPS) is 12.6. The summed E-state index contributed by atoms with van der Waals surface area (Å²) in [6, 6.07) is 108. The quantitative estimate of drug-likeness (QED) is 0.147. The van der Waals surface area contributed by atoms with Crippen LogP contribution in [-0.4, -0.2) is 4.57 Å². The molecule has 12 aromatic carbocycles. The first kappa shape index (κ1) is 42.9. The average molecular weight is 953 g/mol. The summed E-state index contributed by atoms with van der Waals surface area (Å²) >= 11 is 0. The minimum atomic E-state index is -0.516. The molecule has 0 saturated heterocycles. The zero-order valence-corrected chi connectivity index (χ0v) is 41.1. The summed E-state index contributed by atoms with van der Waals surface area (Å²) in [5.74, 6) is 0. The molecule has 0 unspecified atom stereocenters. The summed E-state index contributed by atoms with van der Waals surface area (Å²) in [7, 11) is 0. The molecule has 0 radical (unpaired) electrons. The number of hydrogen-bond donors (Lipinski definition) is 0. The first-order valence-electron chi connectivity index (χ1n) is 26.0. The van der Waals surface area contributed by atoms with Gasteiger partial charge in [-0.15, -0.1) is 0 Å². The number of fused-ring (bicyclic) bond motifs is 13. The number of rotatable bonds is 8. The van der Waals surface area contributed by atoms with Gasteiger partial charge in [0.1, 0.15) is 0 Å². The lowest BCUT2D eigenvalue weighted by Gasteiger charge is -2.33. The van der Waals surface area contributed by atoms with Crippen molar-refractivity contribution in [3.8, 4) is 72.4 Å². The van der Waals surface area contributed by atoms with Crippen LogP contribution in [0.2, 0.25) is 0 Å². The molecule has 2 aliphatic carbocycles. The van der Waals surface area contributed by atoms with E-state index in [0.29, 0.717) is 0 Å². The van der Waals surface area contributed by atoms with E-state index in [0.717, 1.165) is 45.0 Å². The van der Waals surface area contributed by atoms with Gasteiger partial charge in [0, 0.05) is 38.8 Å². The summed E-state index contributed by atoms with van der Waals surface area (Å²) in [5, 5.41) is 2.46. The van der Waals surface area contributed by atoms with Gasteiger partial charge in [-0.05, 0) is 115 Å². The molecule has 0 bridgehead atoms. The van der Waals surface area contributed by atoms with Crippen molar-refractivity contribution in [3.63, 3.8) is 0 Å². The van der Waals surface area contributed by atoms with E-state index in [4.69, 9.17) is 0 Å². The van der Waals surface area contributed by atoms with Crippen LogP contribution in [0, 0.1) is 0 Å². The Bertz CT molecular complexity index is 4310. The molecule has 0 saturated carbocycles. The van der Waals surface area contributed by atoms with Crippen LogP contribution in [0.15, 0.2) is 291 Å². The van der Waals surface area contributed by atoms with Crippen molar-refractivity contribution in [2.45, 2.75) is 5.41 Å². The van der Waals surface area contributed by atoms with Gasteiger partial charge in [-0.3, -0.25) is 0 Å². The number of benzene rings is 12. The Hall–Kier alpha value is -9.76. The van der Waals surface area contributed by atoms with Crippen molar-refractivity contribution in [2.24, 2.45) is 0 Å². The van der Waals surface area contributed by atoms with Crippen molar-refractivity contribution in [1.82, 2.24) is 4.57 Å². The molecule has 15 rings (SSSR count). The molecule has 13 aromatic rings. The van der Waals surface area contributed by atoms with Crippen molar-refractivity contribution in [1.29, 1.82) is 0 Å². The summed E-state index contributed by atoms with van der Waals surface area (Å²) in [5.41, 5.74) is 25.9. The lowest BCUT2D eigenvalue weighted by Crippen LogP contribution is -2.26. The van der Waals surface area contributed by atoms with Gasteiger partial charge in [0.05, 0.1) is 27.8 Å². The Morgan fingerprint density at radius 3 is 1.44 bits per heavy atom. The van der Waals surface area contributed by atoms with E-state index in [1.807, 2.05) is 0 Å². The Morgan fingerprint density at radius 1 is 0.280 bits per heavy atom. The molecule has 2 aliphatic rings. The van der Waals surface area contributed by atoms with Gasteiger partial charge in [0.15, 0.2) is 0 Å². The van der Waals surface area contributed by atoms with Gasteiger partial charge in [-0.2, -0.15) is 0 Å². The fraction of sp³-hybridized carbons (Fsp3) is 0.0137. The summed E-state index contributed by atoms with van der Waals surface area (Å²) in [6.45, 7) is 0. The fourth-order valence-electron chi connectivity index (χ4n) is 13.1. The second-order valence-corrected chi connectivity index (χ2v) is 19.8. The number of nitrogens with zero attached hydrogens (tertiary/aromatic N) is 2. The van der Waals surface area contributed by atoms with Gasteiger partial charge in [-0.1, -0.05) is 249 Å². The van der Waals surface area contributed by atoms with E-state index in [1.165, 1.54) is 88.6 Å². The number of anilines is 3. The van der Waals surface area contributed by atoms with Crippen molar-refractivity contribution >= 4 is 38.9 Å². The zero-order chi connectivity index (χ0) is 49.5. The largest absolute Gasteiger partial charge is 0.309 e. The van der Waals surface area contributed by atoms with E-state index in [1.54, 1.807) is 0 Å². The summed E-state index contributed by atoms with van der Waals surface area (Å²) in [6.07, 6.45) is 0. The highest BCUT2D eigenvalue weighted by molar-refractivity contribution is 6.14. The highest BCUT2D eigenvalue weighted by atomic mass is 15.1. The molecule has 1 heterocycles. The van der Waals surface area contributed by atoms with E-state index in [-0.39, 0.29) is 0 Å². The Labute approximate surface area is 437 Å². The maximum Gasteiger partial charge on any atom is 0.0726 e. The van der Waals surface area contributed by atoms with Crippen LogP contribution in [0.25, 0.3) is 94.3 Å². The highest BCUT2D eigenvalue weighted by Gasteiger charge is 2.52. The highest BCUT2D eigenvalue weighted by Crippen LogP contribution is 2.65. The average Bonchev–Trinajstić information content (AvgIpc) is 4.21. The molecule has 2 nitrogen and oxygen atoms in total. The predicted molar refractivity (Wildman–Crippen MR) is 314 cm³/mol. The molecule has 75 heavy (non-hydrogen) atoms. The topological polar surface area (TPSA) is 8.17 Å². The first-order chi connectivity index (χ1) is 37.3. The third-order valence-corrected chi connectivity index (χ3v) is 16.0. The molecule has 0 fully saturated rings. The first-order valence-corrected chi connectivity index (χ1v) is 26.0. The number of hydrogen-bond acceptors (Lipinski definition) is 1. The van der Waals surface area contributed by atoms with Gasteiger partial charge >= 0.3 is 0 Å². The van der Waals surface area contributed by atoms with E-state index < -0.39 is 5.41 Å². The lowest BCUT2D eigenvalue weighted by molar-refractivity contribution is 0.794. The third kappa shape index (κ3) is 6.40. The van der Waals surface area contributed by atoms with Crippen LogP contribution >= 0.6 is 0 Å². The molecule has 0 atom stereocenters. The predicted octanol–water partition coefficient (Wildman–Crippen LogP) is 19.3. The van der Waals surface area contributed by atoms with Crippen LogP contribution < -0.4 is 4.90 Å². The van der Waals surface area contributed by atoms with Crippen molar-refractivity contribution in [2.75, 3.05) is 4.90 Å². The third-order valence-electron chi connectivity index (χ3n) is 16.0. The molecule has 0 N–H and O–H groups in total. The van der Waals surface area contributed by atoms with Crippen LogP contribution in [0.1, 0.15) is 22.3 Å². The second kappa shape index (κ2) is 17.2. The molecule has 2 heteroatoms. The van der Waals surface area contributed by atoms with Crippen molar-refractivity contribution in [3.05, 3.63) is 313 Å². The maximum atomic E-state index is 2.58. The van der Waals surface area contributed by atoms with Gasteiger partial charge in [0.25, 0.3) is 0 Å². The minimum Gasteiger partial charge on any atom is -0.309 e. The molecule has 1 aromatic heterocycles. The Kier molecular flexibility index (Phi) is 9.83. The number of aromatic nitrogens is 1. The Morgan fingerprint density at radius 2 is 0.733 bits per heavy atom. The standard InChI is InChI=1S/C73H48N2/c1-4-24-49(25-5-1)54-32-10-11-36-60(54)70-55(50-26-6-2-7-27-50)38-22-46-68(70)74(53-31-20-28-51(48-53)56-39-21-40-61-59-35-15-19-45-67(59)75(72(56)61)52-29-8-3-9-30-52)69-47-23-44-66-71(69)62-37-14-18-43-65(62)73(66)63-41-16-12-33-57(63)58-34-13-17-42-64(58)73/h1-48H. The summed E-state index contributed by atoms with van der Waals surface area (Å²) in [4.78, 5) is 2.58. The number of para-hydroxylation sites is 3. The van der Waals surface area contributed by atoms with Gasteiger partial charge < -0.3 is 9.47 Å². The molecule has 1 spiro atoms. The van der Waals surface area contributed by atoms with E-state index in [9.17, 15) is 0 Å². The summed E-state index contributed by atoms with van der Waals surface area (Å²) < 4.78 is 2.45. The van der Waals surface area contributed by atoms with Crippen LogP contribution in [0.3, 0.4) is 0 Å². The van der Waals surface area contributed by atoms with Gasteiger partial charge in [0.2, 0.25) is 0 Å². The fourth-order valence-corrected chi connectivity index (χ4v) is 13.1. The van der Waals surface area contributed by atoms with Crippen LogP contribution in [0.5, 0.6) is 0 Å². The maximum absolute atomic E-state index is 2.58. The zero-order valence-electron chi connectivity index (χ0n) is 41.1. The van der Waals surface area contributed by atoms with Crippen LogP contribution in [0.4, 0.5) is 17.1 Å². The molecular formula is C73H48N2.